The van der Waals surface area contributed by atoms with Gasteiger partial charge in [0.2, 0.25) is 0 Å². The first-order chi connectivity index (χ1) is 20.7. The molecule has 0 aliphatic heterocycles. The van der Waals surface area contributed by atoms with Gasteiger partial charge in [0.15, 0.2) is 5.79 Å². The number of rotatable bonds is 12. The van der Waals surface area contributed by atoms with Crippen LogP contribution in [0.15, 0.2) is 130 Å². The van der Waals surface area contributed by atoms with Crippen LogP contribution < -0.4 is 0 Å². The number of allylic oxidation sites excluding steroid dienone is 21. The van der Waals surface area contributed by atoms with E-state index >= 15 is 0 Å². The predicted octanol–water partition coefficient (Wildman–Crippen LogP) is 12.2. The van der Waals surface area contributed by atoms with Gasteiger partial charge in [-0.3, -0.25) is 0 Å². The molecule has 0 fully saturated rings. The van der Waals surface area contributed by atoms with Gasteiger partial charge in [-0.2, -0.15) is 0 Å². The van der Waals surface area contributed by atoms with E-state index in [0.717, 1.165) is 18.4 Å². The molecule has 0 N–H and O–H groups in total. The topological polar surface area (TPSA) is 18.5 Å². The van der Waals surface area contributed by atoms with Gasteiger partial charge in [0, 0.05) is 20.6 Å². The molecule has 0 amide bonds. The summed E-state index contributed by atoms with van der Waals surface area (Å²) in [5, 5.41) is 0. The van der Waals surface area contributed by atoms with Crippen LogP contribution in [0.1, 0.15) is 101 Å². The Morgan fingerprint density at radius 1 is 0.568 bits per heavy atom. The zero-order valence-corrected chi connectivity index (χ0v) is 29.9. The second-order valence-corrected chi connectivity index (χ2v) is 13.9. The molecule has 2 rings (SSSR count). The van der Waals surface area contributed by atoms with Crippen LogP contribution in [0.3, 0.4) is 0 Å². The van der Waals surface area contributed by atoms with Gasteiger partial charge >= 0.3 is 0 Å². The third kappa shape index (κ3) is 10.9. The number of hydrogen-bond acceptors (Lipinski definition) is 2. The quantitative estimate of drug-likeness (QED) is 0.165. The molecule has 2 aliphatic carbocycles. The zero-order valence-electron chi connectivity index (χ0n) is 29.9. The van der Waals surface area contributed by atoms with Crippen LogP contribution in [0.25, 0.3) is 0 Å². The van der Waals surface area contributed by atoms with Crippen LogP contribution in [0, 0.1) is 10.8 Å². The first-order valence-electron chi connectivity index (χ1n) is 16.3. The molecule has 2 aliphatic rings. The van der Waals surface area contributed by atoms with Crippen LogP contribution in [-0.2, 0) is 9.47 Å². The SMILES string of the molecule is COC1(OC)CCC(C)(C)C(/C=C/C(C)=C/C=C/C(C)=C\C=C\C=C(C)\C=C\C=C(C)\C=C\C2=C(C)CCCC2(C)C)=C1C. The molecule has 0 saturated heterocycles. The first kappa shape index (κ1) is 37.2. The smallest absolute Gasteiger partial charge is 0.190 e. The molecule has 0 atom stereocenters. The standard InChI is InChI=1S/C42H60O2/c1-32(20-15-22-34(3)25-27-38-36(5)24-17-29-40(38,7)8)18-13-14-19-33(2)21-16-23-35(4)26-28-39-37(6)42(43-11,44-12)31-30-41(39,9)10/h13-16,18-23,25-28H,17,24,29-31H2,1-12H3/b14-13+,20-15+,21-16+,27-25+,28-26+,32-18+,33-19-,34-22+,35-23+. The predicted molar refractivity (Wildman–Crippen MR) is 194 cm³/mol. The van der Waals surface area contributed by atoms with Gasteiger partial charge in [0.1, 0.15) is 0 Å². The highest BCUT2D eigenvalue weighted by molar-refractivity contribution is 5.40. The number of hydrogen-bond donors (Lipinski definition) is 0. The Morgan fingerprint density at radius 2 is 1.00 bits per heavy atom. The summed E-state index contributed by atoms with van der Waals surface area (Å²) in [5.41, 5.74) is 10.7. The van der Waals surface area contributed by atoms with Crippen molar-refractivity contribution in [2.24, 2.45) is 10.8 Å². The van der Waals surface area contributed by atoms with E-state index in [1.54, 1.807) is 19.8 Å². The lowest BCUT2D eigenvalue weighted by Gasteiger charge is -2.43. The van der Waals surface area contributed by atoms with Gasteiger partial charge < -0.3 is 9.47 Å². The van der Waals surface area contributed by atoms with Gasteiger partial charge in [-0.05, 0) is 94.8 Å². The Hall–Kier alpha value is -2.94. The minimum atomic E-state index is -0.622. The number of ether oxygens (including phenoxy) is 2. The van der Waals surface area contributed by atoms with E-state index in [1.807, 2.05) is 0 Å². The van der Waals surface area contributed by atoms with Crippen molar-refractivity contribution >= 4 is 0 Å². The summed E-state index contributed by atoms with van der Waals surface area (Å²) in [4.78, 5) is 0. The fourth-order valence-corrected chi connectivity index (χ4v) is 6.24. The third-order valence-corrected chi connectivity index (χ3v) is 9.28. The molecule has 2 heteroatoms. The monoisotopic (exact) mass is 596 g/mol. The van der Waals surface area contributed by atoms with Crippen molar-refractivity contribution in [2.45, 2.75) is 107 Å². The van der Waals surface area contributed by atoms with Gasteiger partial charge in [-0.25, -0.2) is 0 Å². The molecule has 0 unspecified atom stereocenters. The van der Waals surface area contributed by atoms with E-state index in [9.17, 15) is 0 Å². The molecule has 2 nitrogen and oxygen atoms in total. The summed E-state index contributed by atoms with van der Waals surface area (Å²) in [7, 11) is 3.47. The second-order valence-electron chi connectivity index (χ2n) is 13.9. The Kier molecular flexibility index (Phi) is 14.3. The Bertz CT molecular complexity index is 1330. The Balaban J connectivity index is 1.96. The highest BCUT2D eigenvalue weighted by atomic mass is 16.7. The lowest BCUT2D eigenvalue weighted by atomic mass is 9.70. The normalized spacial score (nSPS) is 22.3. The molecule has 0 aromatic rings. The average Bonchev–Trinajstić information content (AvgIpc) is 2.95. The highest BCUT2D eigenvalue weighted by Crippen LogP contribution is 2.47. The Morgan fingerprint density at radius 3 is 1.48 bits per heavy atom. The highest BCUT2D eigenvalue weighted by Gasteiger charge is 2.42. The van der Waals surface area contributed by atoms with Crippen molar-refractivity contribution in [2.75, 3.05) is 14.2 Å². The Labute approximate surface area is 270 Å². The largest absolute Gasteiger partial charge is 0.349 e. The van der Waals surface area contributed by atoms with Crippen molar-refractivity contribution in [1.82, 2.24) is 0 Å². The van der Waals surface area contributed by atoms with Crippen LogP contribution in [0.5, 0.6) is 0 Å². The fourth-order valence-electron chi connectivity index (χ4n) is 6.24. The first-order valence-corrected chi connectivity index (χ1v) is 16.3. The molecule has 0 aromatic heterocycles. The average molecular weight is 597 g/mol. The van der Waals surface area contributed by atoms with Gasteiger partial charge in [0.05, 0.1) is 0 Å². The van der Waals surface area contributed by atoms with Crippen LogP contribution in [-0.4, -0.2) is 20.0 Å². The summed E-state index contributed by atoms with van der Waals surface area (Å²) < 4.78 is 11.6. The van der Waals surface area contributed by atoms with E-state index in [1.165, 1.54) is 52.7 Å². The number of methoxy groups -OCH3 is 2. The maximum atomic E-state index is 5.81. The van der Waals surface area contributed by atoms with Crippen molar-refractivity contribution < 1.29 is 9.47 Å². The molecule has 0 spiro atoms. The van der Waals surface area contributed by atoms with Gasteiger partial charge in [-0.1, -0.05) is 141 Å². The van der Waals surface area contributed by atoms with E-state index in [2.05, 4.69) is 154 Å². The summed E-state index contributed by atoms with van der Waals surface area (Å²) >= 11 is 0. The lowest BCUT2D eigenvalue weighted by molar-refractivity contribution is -0.190. The van der Waals surface area contributed by atoms with Crippen molar-refractivity contribution in [3.63, 3.8) is 0 Å². The fraction of sp³-hybridized carbons (Fsp3) is 0.476. The van der Waals surface area contributed by atoms with Crippen LogP contribution in [0.2, 0.25) is 0 Å². The van der Waals surface area contributed by atoms with Gasteiger partial charge in [0.25, 0.3) is 0 Å². The molecule has 0 aromatic carbocycles. The van der Waals surface area contributed by atoms with Crippen molar-refractivity contribution in [3.8, 4) is 0 Å². The van der Waals surface area contributed by atoms with E-state index in [4.69, 9.17) is 9.47 Å². The van der Waals surface area contributed by atoms with Crippen molar-refractivity contribution in [1.29, 1.82) is 0 Å². The molecular weight excluding hydrogens is 536 g/mol. The van der Waals surface area contributed by atoms with E-state index < -0.39 is 5.79 Å². The molecule has 0 saturated carbocycles. The molecule has 0 radical (unpaired) electrons. The maximum absolute atomic E-state index is 5.81. The van der Waals surface area contributed by atoms with Crippen LogP contribution >= 0.6 is 0 Å². The maximum Gasteiger partial charge on any atom is 0.190 e. The minimum absolute atomic E-state index is 0.0851. The molecule has 0 heterocycles. The van der Waals surface area contributed by atoms with Crippen molar-refractivity contribution in [3.05, 3.63) is 130 Å². The molecule has 0 bridgehead atoms. The second kappa shape index (κ2) is 16.9. The molecule has 240 valence electrons. The summed E-state index contributed by atoms with van der Waals surface area (Å²) in [6.45, 7) is 22.3. The summed E-state index contributed by atoms with van der Waals surface area (Å²) in [6, 6.07) is 0. The zero-order chi connectivity index (χ0) is 33.0. The minimum Gasteiger partial charge on any atom is -0.349 e. The van der Waals surface area contributed by atoms with Crippen LogP contribution in [0.4, 0.5) is 0 Å². The lowest BCUT2D eigenvalue weighted by Crippen LogP contribution is -2.42. The van der Waals surface area contributed by atoms with Gasteiger partial charge in [-0.15, -0.1) is 0 Å². The van der Waals surface area contributed by atoms with E-state index in [-0.39, 0.29) is 10.8 Å². The third-order valence-electron chi connectivity index (χ3n) is 9.28. The molecule has 44 heavy (non-hydrogen) atoms. The van der Waals surface area contributed by atoms with E-state index in [0.29, 0.717) is 0 Å². The molecular formula is C42H60O2. The summed E-state index contributed by atoms with van der Waals surface area (Å²) in [6.07, 6.45) is 36.1. The summed E-state index contributed by atoms with van der Waals surface area (Å²) in [5.74, 6) is -0.622.